The number of benzene rings is 2. The summed E-state index contributed by atoms with van der Waals surface area (Å²) < 4.78 is 0. The maximum absolute atomic E-state index is 12.6. The fourth-order valence-electron chi connectivity index (χ4n) is 3.07. The van der Waals surface area contributed by atoms with Crippen molar-refractivity contribution < 1.29 is 24.6 Å². The zero-order valence-electron chi connectivity index (χ0n) is 14.1. The number of rotatable bonds is 5. The Bertz CT molecular complexity index is 921. The van der Waals surface area contributed by atoms with Gasteiger partial charge in [-0.3, -0.25) is 14.4 Å². The lowest BCUT2D eigenvalue weighted by molar-refractivity contribution is -0.142. The number of carboxylic acids is 1. The molecule has 138 valence electrons. The average Bonchev–Trinajstić information content (AvgIpc) is 2.91. The van der Waals surface area contributed by atoms with Crippen molar-refractivity contribution in [3.05, 3.63) is 76.3 Å². The van der Waals surface area contributed by atoms with E-state index in [1.165, 1.54) is 4.90 Å². The number of aliphatic hydroxyl groups is 1. The Kier molecular flexibility index (Phi) is 5.28. The van der Waals surface area contributed by atoms with E-state index < -0.39 is 23.7 Å². The van der Waals surface area contributed by atoms with Crippen LogP contribution >= 0.6 is 11.6 Å². The minimum Gasteiger partial charge on any atom is -0.507 e. The van der Waals surface area contributed by atoms with Crippen molar-refractivity contribution in [1.29, 1.82) is 0 Å². The molecule has 1 atom stereocenters. The molecular weight excluding hydrogens is 370 g/mol. The Morgan fingerprint density at radius 1 is 1.00 bits per heavy atom. The number of carbonyl (C=O) groups excluding carboxylic acids is 2. The molecule has 2 N–H and O–H groups in total. The summed E-state index contributed by atoms with van der Waals surface area (Å²) >= 11 is 5.86. The third-order valence-corrected chi connectivity index (χ3v) is 4.59. The molecule has 0 spiro atoms. The number of nitrogens with zero attached hydrogens (tertiary/aromatic N) is 1. The van der Waals surface area contributed by atoms with E-state index in [1.807, 2.05) is 0 Å². The smallest absolute Gasteiger partial charge is 0.305 e. The van der Waals surface area contributed by atoms with Crippen LogP contribution in [-0.2, 0) is 14.4 Å². The predicted octanol–water partition coefficient (Wildman–Crippen LogP) is 3.24. The third kappa shape index (κ3) is 3.71. The number of hydrogen-bond donors (Lipinski definition) is 2. The highest BCUT2D eigenvalue weighted by Crippen LogP contribution is 2.39. The van der Waals surface area contributed by atoms with Crippen molar-refractivity contribution in [2.24, 2.45) is 0 Å². The first-order chi connectivity index (χ1) is 12.9. The molecule has 1 fully saturated rings. The summed E-state index contributed by atoms with van der Waals surface area (Å²) in [6.45, 7) is -0.142. The lowest BCUT2D eigenvalue weighted by Crippen LogP contribution is -2.31. The molecule has 0 saturated carbocycles. The number of halogens is 1. The quantitative estimate of drug-likeness (QED) is 0.468. The lowest BCUT2D eigenvalue weighted by Gasteiger charge is -2.24. The van der Waals surface area contributed by atoms with Gasteiger partial charge in [0.05, 0.1) is 18.0 Å². The zero-order chi connectivity index (χ0) is 19.6. The van der Waals surface area contributed by atoms with Crippen molar-refractivity contribution in [3.63, 3.8) is 0 Å². The number of carbonyl (C=O) groups is 3. The second-order valence-corrected chi connectivity index (χ2v) is 6.49. The normalized spacial score (nSPS) is 18.7. The summed E-state index contributed by atoms with van der Waals surface area (Å²) in [7, 11) is 0. The van der Waals surface area contributed by atoms with Crippen molar-refractivity contribution in [2.75, 3.05) is 6.54 Å². The van der Waals surface area contributed by atoms with Crippen LogP contribution < -0.4 is 0 Å². The van der Waals surface area contributed by atoms with E-state index in [1.54, 1.807) is 54.6 Å². The topological polar surface area (TPSA) is 94.9 Å². The molecule has 1 amide bonds. The number of ketones is 1. The Labute approximate surface area is 160 Å². The van der Waals surface area contributed by atoms with Gasteiger partial charge >= 0.3 is 5.97 Å². The maximum atomic E-state index is 12.6. The standard InChI is InChI=1S/C20H16ClNO5/c21-14-8-6-13(7-9-14)18(25)16-17(12-4-2-1-3-5-12)22(11-10-15(23)24)20(27)19(16)26/h1-9,17,25H,10-11H2,(H,23,24)/b18-16+/t17-/m0/s1. The molecule has 0 aliphatic carbocycles. The van der Waals surface area contributed by atoms with Crippen LogP contribution in [0.5, 0.6) is 0 Å². The van der Waals surface area contributed by atoms with Crippen LogP contribution in [0.2, 0.25) is 5.02 Å². The lowest BCUT2D eigenvalue weighted by atomic mass is 9.95. The van der Waals surface area contributed by atoms with Crippen LogP contribution in [0.15, 0.2) is 60.2 Å². The van der Waals surface area contributed by atoms with Gasteiger partial charge in [-0.25, -0.2) is 0 Å². The molecule has 1 aliphatic heterocycles. The highest BCUT2D eigenvalue weighted by molar-refractivity contribution is 6.46. The van der Waals surface area contributed by atoms with Gasteiger partial charge in [-0.1, -0.05) is 41.9 Å². The molecule has 27 heavy (non-hydrogen) atoms. The molecule has 3 rings (SSSR count). The fraction of sp³-hybridized carbons (Fsp3) is 0.150. The van der Waals surface area contributed by atoms with Crippen molar-refractivity contribution in [2.45, 2.75) is 12.5 Å². The summed E-state index contributed by atoms with van der Waals surface area (Å²) in [5.74, 6) is -3.08. The minimum absolute atomic E-state index is 0.0705. The van der Waals surface area contributed by atoms with Crippen LogP contribution in [0, 0.1) is 0 Å². The van der Waals surface area contributed by atoms with Crippen LogP contribution in [0.1, 0.15) is 23.6 Å². The summed E-state index contributed by atoms with van der Waals surface area (Å²) in [5, 5.41) is 20.2. The SMILES string of the molecule is O=C(O)CCN1C(=O)C(=O)/C(=C(/O)c2ccc(Cl)cc2)[C@@H]1c1ccccc1. The van der Waals surface area contributed by atoms with E-state index in [0.717, 1.165) is 0 Å². The van der Waals surface area contributed by atoms with Gasteiger partial charge in [0.2, 0.25) is 0 Å². The van der Waals surface area contributed by atoms with Crippen LogP contribution in [0.4, 0.5) is 0 Å². The largest absolute Gasteiger partial charge is 0.507 e. The first-order valence-electron chi connectivity index (χ1n) is 8.21. The predicted molar refractivity (Wildman–Crippen MR) is 99.2 cm³/mol. The minimum atomic E-state index is -1.08. The fourth-order valence-corrected chi connectivity index (χ4v) is 3.20. The zero-order valence-corrected chi connectivity index (χ0v) is 14.9. The first-order valence-corrected chi connectivity index (χ1v) is 8.59. The summed E-state index contributed by atoms with van der Waals surface area (Å²) in [4.78, 5) is 37.3. The number of hydrogen-bond acceptors (Lipinski definition) is 4. The highest BCUT2D eigenvalue weighted by Gasteiger charge is 2.45. The molecule has 2 aromatic carbocycles. The average molecular weight is 386 g/mol. The summed E-state index contributed by atoms with van der Waals surface area (Å²) in [6.07, 6.45) is -0.308. The second-order valence-electron chi connectivity index (χ2n) is 6.05. The number of carboxylic acid groups (broad SMARTS) is 1. The maximum Gasteiger partial charge on any atom is 0.305 e. The third-order valence-electron chi connectivity index (χ3n) is 4.34. The van der Waals surface area contributed by atoms with E-state index in [9.17, 15) is 19.5 Å². The number of aliphatic carboxylic acids is 1. The second kappa shape index (κ2) is 7.63. The van der Waals surface area contributed by atoms with Gasteiger partial charge in [0.15, 0.2) is 0 Å². The highest BCUT2D eigenvalue weighted by atomic mass is 35.5. The van der Waals surface area contributed by atoms with E-state index in [0.29, 0.717) is 16.1 Å². The van der Waals surface area contributed by atoms with Gasteiger partial charge in [0, 0.05) is 17.1 Å². The van der Waals surface area contributed by atoms with Crippen LogP contribution in [0.25, 0.3) is 5.76 Å². The molecule has 0 bridgehead atoms. The summed E-state index contributed by atoms with van der Waals surface area (Å²) in [5.41, 5.74) is 0.882. The summed E-state index contributed by atoms with van der Waals surface area (Å²) in [6, 6.07) is 14.1. The monoisotopic (exact) mass is 385 g/mol. The Hall–Kier alpha value is -3.12. The molecular formula is C20H16ClNO5. The molecule has 0 aromatic heterocycles. The van der Waals surface area contributed by atoms with Gasteiger partial charge in [0.25, 0.3) is 11.7 Å². The molecule has 0 radical (unpaired) electrons. The van der Waals surface area contributed by atoms with E-state index in [2.05, 4.69) is 0 Å². The molecule has 1 aliphatic rings. The van der Waals surface area contributed by atoms with Crippen molar-refractivity contribution in [1.82, 2.24) is 4.90 Å². The van der Waals surface area contributed by atoms with Crippen molar-refractivity contribution >= 4 is 35.0 Å². The Balaban J connectivity index is 2.13. The van der Waals surface area contributed by atoms with Gasteiger partial charge in [-0.05, 0) is 29.8 Å². The molecule has 2 aromatic rings. The number of Topliss-reactive ketones (excluding diaryl/α,β-unsaturated/α-hetero) is 1. The molecule has 0 unspecified atom stereocenters. The number of amides is 1. The van der Waals surface area contributed by atoms with E-state index in [4.69, 9.17) is 16.7 Å². The molecule has 1 saturated heterocycles. The van der Waals surface area contributed by atoms with Gasteiger partial charge in [-0.15, -0.1) is 0 Å². The van der Waals surface area contributed by atoms with Crippen molar-refractivity contribution in [3.8, 4) is 0 Å². The Morgan fingerprint density at radius 2 is 1.63 bits per heavy atom. The van der Waals surface area contributed by atoms with E-state index >= 15 is 0 Å². The van der Waals surface area contributed by atoms with Gasteiger partial charge in [0.1, 0.15) is 5.76 Å². The van der Waals surface area contributed by atoms with Crippen LogP contribution in [0.3, 0.4) is 0 Å². The number of aliphatic hydroxyl groups excluding tert-OH is 1. The molecule has 6 nitrogen and oxygen atoms in total. The van der Waals surface area contributed by atoms with Gasteiger partial charge < -0.3 is 15.1 Å². The molecule has 1 heterocycles. The first kappa shape index (κ1) is 18.7. The molecule has 7 heteroatoms. The Morgan fingerprint density at radius 3 is 2.22 bits per heavy atom. The van der Waals surface area contributed by atoms with Gasteiger partial charge in [-0.2, -0.15) is 0 Å². The van der Waals surface area contributed by atoms with Crippen LogP contribution in [-0.4, -0.2) is 39.3 Å². The van der Waals surface area contributed by atoms with E-state index in [-0.39, 0.29) is 24.3 Å². The number of likely N-dealkylation sites (tertiary alicyclic amines) is 1.